The second-order valence-electron chi connectivity index (χ2n) is 2.63. The largest absolute Gasteiger partial charge is 0.368 e. The van der Waals surface area contributed by atoms with E-state index in [1.165, 1.54) is 6.07 Å². The van der Waals surface area contributed by atoms with E-state index in [0.717, 1.165) is 0 Å². The number of hydrogen-bond acceptors (Lipinski definition) is 1. The fourth-order valence-corrected chi connectivity index (χ4v) is 1.11. The lowest BCUT2D eigenvalue weighted by molar-refractivity contribution is 0.629. The van der Waals surface area contributed by atoms with Crippen molar-refractivity contribution >= 4 is 17.3 Å². The molecule has 0 saturated carbocycles. The minimum absolute atomic E-state index is 0.241. The summed E-state index contributed by atoms with van der Waals surface area (Å²) in [5.41, 5.74) is 0.259. The summed E-state index contributed by atoms with van der Waals surface area (Å²) in [6.07, 6.45) is 5.14. The third-order valence-electron chi connectivity index (χ3n) is 1.57. The number of para-hydroxylation sites is 1. The van der Waals surface area contributed by atoms with Gasteiger partial charge in [-0.25, -0.2) is 4.39 Å². The molecule has 0 spiro atoms. The second-order valence-corrected chi connectivity index (χ2v) is 3.04. The van der Waals surface area contributed by atoms with E-state index in [4.69, 9.17) is 18.0 Å². The third-order valence-corrected chi connectivity index (χ3v) is 1.89. The molecule has 1 aromatic carbocycles. The van der Waals surface area contributed by atoms with Crippen molar-refractivity contribution in [1.29, 1.82) is 0 Å². The highest BCUT2D eigenvalue weighted by Crippen LogP contribution is 2.24. The Balaban J connectivity index is 2.95. The maximum atomic E-state index is 13.1. The first kappa shape index (κ1) is 9.88. The van der Waals surface area contributed by atoms with Gasteiger partial charge in [0.1, 0.15) is 5.82 Å². The summed E-state index contributed by atoms with van der Waals surface area (Å²) in [6, 6.07) is 4.24. The highest BCUT2D eigenvalue weighted by atomic mass is 35.5. The number of halogens is 2. The van der Waals surface area contributed by atoms with Gasteiger partial charge in [-0.05, 0) is 19.1 Å². The van der Waals surface area contributed by atoms with Gasteiger partial charge in [0.05, 0.1) is 16.8 Å². The summed E-state index contributed by atoms with van der Waals surface area (Å²) < 4.78 is 13.1. The molecule has 1 unspecified atom stereocenters. The first-order valence-corrected chi connectivity index (χ1v) is 4.19. The van der Waals surface area contributed by atoms with E-state index in [1.54, 1.807) is 19.1 Å². The Bertz CT molecular complexity index is 323. The molecule has 1 atom stereocenters. The Morgan fingerprint density at radius 2 is 2.31 bits per heavy atom. The van der Waals surface area contributed by atoms with Gasteiger partial charge in [-0.15, -0.1) is 6.42 Å². The normalized spacial score (nSPS) is 11.8. The lowest BCUT2D eigenvalue weighted by Gasteiger charge is -2.11. The van der Waals surface area contributed by atoms with Gasteiger partial charge in [0, 0.05) is 0 Å². The summed E-state index contributed by atoms with van der Waals surface area (Å²) >= 11 is 5.76. The van der Waals surface area contributed by atoms with Crippen molar-refractivity contribution in [1.82, 2.24) is 0 Å². The molecule has 1 nitrogen and oxygen atoms in total. The molecular formula is C10H9ClFN. The molecule has 0 fully saturated rings. The van der Waals surface area contributed by atoms with Crippen molar-refractivity contribution in [3.63, 3.8) is 0 Å². The number of rotatable bonds is 2. The molecule has 1 aromatic rings. The SMILES string of the molecule is C#CC(C)Nc1c(F)cccc1Cl. The van der Waals surface area contributed by atoms with Gasteiger partial charge in [-0.3, -0.25) is 0 Å². The topological polar surface area (TPSA) is 12.0 Å². The van der Waals surface area contributed by atoms with E-state index >= 15 is 0 Å². The molecule has 1 N–H and O–H groups in total. The van der Waals surface area contributed by atoms with Gasteiger partial charge >= 0.3 is 0 Å². The quantitative estimate of drug-likeness (QED) is 0.719. The van der Waals surface area contributed by atoms with Crippen LogP contribution in [-0.2, 0) is 0 Å². The van der Waals surface area contributed by atoms with Gasteiger partial charge in [0.2, 0.25) is 0 Å². The molecule has 0 bridgehead atoms. The van der Waals surface area contributed by atoms with Crippen molar-refractivity contribution < 1.29 is 4.39 Å². The van der Waals surface area contributed by atoms with Gasteiger partial charge in [0.15, 0.2) is 0 Å². The van der Waals surface area contributed by atoms with E-state index < -0.39 is 5.82 Å². The molecule has 0 amide bonds. The Morgan fingerprint density at radius 1 is 1.62 bits per heavy atom. The van der Waals surface area contributed by atoms with Crippen LogP contribution >= 0.6 is 11.6 Å². The monoisotopic (exact) mass is 197 g/mol. The summed E-state index contributed by atoms with van der Waals surface area (Å²) in [4.78, 5) is 0. The molecule has 0 aliphatic carbocycles. The third kappa shape index (κ3) is 2.37. The van der Waals surface area contributed by atoms with E-state index in [2.05, 4.69) is 11.2 Å². The molecule has 68 valence electrons. The van der Waals surface area contributed by atoms with Crippen molar-refractivity contribution in [3.8, 4) is 12.3 Å². The van der Waals surface area contributed by atoms with Gasteiger partial charge in [-0.2, -0.15) is 0 Å². The van der Waals surface area contributed by atoms with Crippen molar-refractivity contribution in [2.45, 2.75) is 13.0 Å². The first-order valence-electron chi connectivity index (χ1n) is 3.82. The molecule has 0 aliphatic heterocycles. The summed E-state index contributed by atoms with van der Waals surface area (Å²) in [5.74, 6) is 2.04. The van der Waals surface area contributed by atoms with Crippen LogP contribution in [0.2, 0.25) is 5.02 Å². The Hall–Kier alpha value is -1.20. The van der Waals surface area contributed by atoms with E-state index in [1.807, 2.05) is 0 Å². The average Bonchev–Trinajstić information content (AvgIpc) is 2.11. The van der Waals surface area contributed by atoms with Crippen LogP contribution in [0, 0.1) is 18.2 Å². The zero-order chi connectivity index (χ0) is 9.84. The summed E-state index contributed by atoms with van der Waals surface area (Å²) in [7, 11) is 0. The lowest BCUT2D eigenvalue weighted by Crippen LogP contribution is -2.13. The van der Waals surface area contributed by atoms with Crippen LogP contribution in [-0.4, -0.2) is 6.04 Å². The number of hydrogen-bond donors (Lipinski definition) is 1. The molecule has 0 saturated heterocycles. The molecule has 13 heavy (non-hydrogen) atoms. The molecule has 0 heterocycles. The molecule has 3 heteroatoms. The van der Waals surface area contributed by atoms with Gasteiger partial charge in [-0.1, -0.05) is 23.6 Å². The van der Waals surface area contributed by atoms with Crippen LogP contribution in [0.3, 0.4) is 0 Å². The fourth-order valence-electron chi connectivity index (χ4n) is 0.894. The summed E-state index contributed by atoms with van der Waals surface area (Å²) in [5, 5.41) is 3.12. The molecular weight excluding hydrogens is 189 g/mol. The van der Waals surface area contributed by atoms with Crippen LogP contribution in [0.15, 0.2) is 18.2 Å². The second kappa shape index (κ2) is 4.15. The maximum Gasteiger partial charge on any atom is 0.147 e. The smallest absolute Gasteiger partial charge is 0.147 e. The Labute approximate surface area is 81.9 Å². The number of anilines is 1. The van der Waals surface area contributed by atoms with Crippen LogP contribution in [0.5, 0.6) is 0 Å². The number of nitrogens with one attached hydrogen (secondary N) is 1. The van der Waals surface area contributed by atoms with Crippen LogP contribution < -0.4 is 5.32 Å². The summed E-state index contributed by atoms with van der Waals surface area (Å²) in [6.45, 7) is 1.75. The minimum Gasteiger partial charge on any atom is -0.368 e. The van der Waals surface area contributed by atoms with Crippen molar-refractivity contribution in [2.24, 2.45) is 0 Å². The lowest BCUT2D eigenvalue weighted by atomic mass is 10.2. The molecule has 0 aliphatic rings. The standard InChI is InChI=1S/C10H9ClFN/c1-3-7(2)13-10-8(11)5-4-6-9(10)12/h1,4-7,13H,2H3. The average molecular weight is 198 g/mol. The minimum atomic E-state index is -0.394. The zero-order valence-electron chi connectivity index (χ0n) is 7.14. The van der Waals surface area contributed by atoms with E-state index in [0.29, 0.717) is 5.02 Å². The number of terminal acetylenes is 1. The van der Waals surface area contributed by atoms with Crippen molar-refractivity contribution in [2.75, 3.05) is 5.32 Å². The van der Waals surface area contributed by atoms with Crippen molar-refractivity contribution in [3.05, 3.63) is 29.0 Å². The van der Waals surface area contributed by atoms with E-state index in [-0.39, 0.29) is 11.7 Å². The first-order chi connectivity index (χ1) is 6.15. The molecule has 1 rings (SSSR count). The highest BCUT2D eigenvalue weighted by Gasteiger charge is 2.07. The Kier molecular flexibility index (Phi) is 3.16. The number of benzene rings is 1. The Morgan fingerprint density at radius 3 is 2.85 bits per heavy atom. The van der Waals surface area contributed by atoms with E-state index in [9.17, 15) is 4.39 Å². The van der Waals surface area contributed by atoms with Gasteiger partial charge < -0.3 is 5.32 Å². The maximum absolute atomic E-state index is 13.1. The zero-order valence-corrected chi connectivity index (χ0v) is 7.90. The van der Waals surface area contributed by atoms with Crippen LogP contribution in [0.1, 0.15) is 6.92 Å². The molecule has 0 radical (unpaired) electrons. The van der Waals surface area contributed by atoms with Crippen LogP contribution in [0.4, 0.5) is 10.1 Å². The fraction of sp³-hybridized carbons (Fsp3) is 0.200. The predicted octanol–water partition coefficient (Wildman–Crippen LogP) is 2.91. The highest BCUT2D eigenvalue weighted by molar-refractivity contribution is 6.33. The van der Waals surface area contributed by atoms with Crippen LogP contribution in [0.25, 0.3) is 0 Å². The molecule has 0 aromatic heterocycles. The predicted molar refractivity (Wildman–Crippen MR) is 53.3 cm³/mol. The van der Waals surface area contributed by atoms with Gasteiger partial charge in [0.25, 0.3) is 0 Å².